The second-order valence-electron chi connectivity index (χ2n) is 3.51. The van der Waals surface area contributed by atoms with Gasteiger partial charge in [0.15, 0.2) is 0 Å². The molecule has 86 valence electrons. The van der Waals surface area contributed by atoms with Gasteiger partial charge in [-0.2, -0.15) is 5.10 Å². The first-order valence-corrected chi connectivity index (χ1v) is 6.48. The smallest absolute Gasteiger partial charge is 0.244 e. The predicted molar refractivity (Wildman–Crippen MR) is 58.2 cm³/mol. The van der Waals surface area contributed by atoms with Crippen molar-refractivity contribution >= 4 is 10.0 Å². The highest BCUT2D eigenvalue weighted by Crippen LogP contribution is 2.15. The van der Waals surface area contributed by atoms with Gasteiger partial charge in [-0.3, -0.25) is 5.10 Å². The molecule has 0 spiro atoms. The first kappa shape index (κ1) is 12.2. The maximum absolute atomic E-state index is 11.8. The van der Waals surface area contributed by atoms with Crippen LogP contribution in [0.4, 0.5) is 0 Å². The van der Waals surface area contributed by atoms with E-state index in [9.17, 15) is 8.42 Å². The van der Waals surface area contributed by atoms with Crippen LogP contribution in [0.2, 0.25) is 0 Å². The minimum atomic E-state index is -3.39. The first-order chi connectivity index (χ1) is 6.99. The third-order valence-electron chi connectivity index (χ3n) is 2.15. The van der Waals surface area contributed by atoms with Crippen LogP contribution >= 0.6 is 0 Å². The average Bonchev–Trinajstić information content (AvgIpc) is 2.46. The van der Waals surface area contributed by atoms with Gasteiger partial charge in [-0.15, -0.1) is 0 Å². The summed E-state index contributed by atoms with van der Waals surface area (Å²) in [6, 6.07) is 0. The van der Waals surface area contributed by atoms with Gasteiger partial charge in [0.1, 0.15) is 4.90 Å². The van der Waals surface area contributed by atoms with Gasteiger partial charge in [-0.05, 0) is 20.3 Å². The zero-order chi connectivity index (χ0) is 11.5. The van der Waals surface area contributed by atoms with Gasteiger partial charge in [-0.25, -0.2) is 13.1 Å². The highest BCUT2D eigenvalue weighted by Gasteiger charge is 2.21. The summed E-state index contributed by atoms with van der Waals surface area (Å²) in [5.74, 6) is 0. The molecule has 0 bridgehead atoms. The highest BCUT2D eigenvalue weighted by atomic mass is 32.2. The average molecular weight is 231 g/mol. The molecule has 1 heterocycles. The topological polar surface area (TPSA) is 74.8 Å². The zero-order valence-corrected chi connectivity index (χ0v) is 10.1. The van der Waals surface area contributed by atoms with Crippen molar-refractivity contribution in [2.45, 2.75) is 38.5 Å². The summed E-state index contributed by atoms with van der Waals surface area (Å²) in [7, 11) is -3.39. The Labute approximate surface area is 90.3 Å². The lowest BCUT2D eigenvalue weighted by Crippen LogP contribution is -2.25. The molecule has 0 aromatic carbocycles. The number of aryl methyl sites for hydroxylation is 2. The molecule has 0 radical (unpaired) electrons. The molecule has 0 aliphatic heterocycles. The first-order valence-electron chi connectivity index (χ1n) is 5.00. The lowest BCUT2D eigenvalue weighted by molar-refractivity contribution is 0.577. The number of aromatic amines is 1. The van der Waals surface area contributed by atoms with E-state index < -0.39 is 10.0 Å². The molecule has 0 fully saturated rings. The minimum Gasteiger partial charge on any atom is -0.281 e. The standard InChI is InChI=1S/C9H17N3O2S/c1-4-5-6-10-15(13,14)9-7(2)11-12-8(9)3/h10H,4-6H2,1-3H3,(H,11,12). The molecule has 0 aliphatic carbocycles. The van der Waals surface area contributed by atoms with Gasteiger partial charge in [-0.1, -0.05) is 13.3 Å². The van der Waals surface area contributed by atoms with Crippen molar-refractivity contribution in [3.05, 3.63) is 11.4 Å². The predicted octanol–water partition coefficient (Wildman–Crippen LogP) is 1.10. The maximum atomic E-state index is 11.8. The number of hydrogen-bond donors (Lipinski definition) is 2. The second-order valence-corrected chi connectivity index (χ2v) is 5.22. The van der Waals surface area contributed by atoms with Crippen molar-refractivity contribution in [2.75, 3.05) is 6.54 Å². The Hall–Kier alpha value is -0.880. The van der Waals surface area contributed by atoms with E-state index in [2.05, 4.69) is 14.9 Å². The highest BCUT2D eigenvalue weighted by molar-refractivity contribution is 7.89. The zero-order valence-electron chi connectivity index (χ0n) is 9.29. The molecule has 1 rings (SSSR count). The number of sulfonamides is 1. The van der Waals surface area contributed by atoms with Crippen LogP contribution in [0.15, 0.2) is 4.90 Å². The number of aromatic nitrogens is 2. The van der Waals surface area contributed by atoms with Gasteiger partial charge >= 0.3 is 0 Å². The molecule has 0 atom stereocenters. The maximum Gasteiger partial charge on any atom is 0.244 e. The number of hydrogen-bond acceptors (Lipinski definition) is 3. The third-order valence-corrected chi connectivity index (χ3v) is 3.87. The molecule has 1 aromatic heterocycles. The summed E-state index contributed by atoms with van der Waals surface area (Å²) in [4.78, 5) is 0.276. The third kappa shape index (κ3) is 2.79. The summed E-state index contributed by atoms with van der Waals surface area (Å²) in [6.07, 6.45) is 1.81. The molecule has 2 N–H and O–H groups in total. The fraction of sp³-hybridized carbons (Fsp3) is 0.667. The van der Waals surface area contributed by atoms with Crippen LogP contribution in [-0.2, 0) is 10.0 Å². The van der Waals surface area contributed by atoms with Crippen molar-refractivity contribution in [1.29, 1.82) is 0 Å². The Bertz CT molecular complexity index is 403. The monoisotopic (exact) mass is 231 g/mol. The largest absolute Gasteiger partial charge is 0.281 e. The molecule has 0 aliphatic rings. The Morgan fingerprint density at radius 1 is 1.40 bits per heavy atom. The fourth-order valence-corrected chi connectivity index (χ4v) is 2.83. The van der Waals surface area contributed by atoms with E-state index in [0.717, 1.165) is 12.8 Å². The van der Waals surface area contributed by atoms with Crippen molar-refractivity contribution in [3.63, 3.8) is 0 Å². The van der Waals surface area contributed by atoms with E-state index in [1.165, 1.54) is 0 Å². The molecular weight excluding hydrogens is 214 g/mol. The van der Waals surface area contributed by atoms with E-state index in [1.807, 2.05) is 6.92 Å². The normalized spacial score (nSPS) is 11.9. The quantitative estimate of drug-likeness (QED) is 0.745. The molecule has 6 heteroatoms. The van der Waals surface area contributed by atoms with Crippen molar-refractivity contribution < 1.29 is 8.42 Å². The number of rotatable bonds is 5. The van der Waals surface area contributed by atoms with Gasteiger partial charge in [0, 0.05) is 6.54 Å². The molecular formula is C9H17N3O2S. The Morgan fingerprint density at radius 3 is 2.53 bits per heavy atom. The van der Waals surface area contributed by atoms with Crippen molar-refractivity contribution in [3.8, 4) is 0 Å². The Balaban J connectivity index is 2.87. The summed E-state index contributed by atoms with van der Waals surface area (Å²) in [5, 5.41) is 6.53. The Kier molecular flexibility index (Phi) is 3.87. The molecule has 0 unspecified atom stereocenters. The molecule has 1 aromatic rings. The van der Waals surface area contributed by atoms with Gasteiger partial charge in [0.25, 0.3) is 0 Å². The summed E-state index contributed by atoms with van der Waals surface area (Å²) in [6.45, 7) is 5.87. The summed E-state index contributed by atoms with van der Waals surface area (Å²) < 4.78 is 26.2. The van der Waals surface area contributed by atoms with Crippen LogP contribution in [0.3, 0.4) is 0 Å². The van der Waals surface area contributed by atoms with Crippen molar-refractivity contribution in [2.24, 2.45) is 0 Å². The molecule has 0 saturated carbocycles. The fourth-order valence-electron chi connectivity index (χ4n) is 1.39. The number of nitrogens with one attached hydrogen (secondary N) is 2. The number of unbranched alkanes of at least 4 members (excludes halogenated alkanes) is 1. The van der Waals surface area contributed by atoms with Crippen molar-refractivity contribution in [1.82, 2.24) is 14.9 Å². The SMILES string of the molecule is CCCCNS(=O)(=O)c1c(C)n[nH]c1C. The molecule has 0 amide bonds. The lowest BCUT2D eigenvalue weighted by Gasteiger charge is -2.05. The van der Waals surface area contributed by atoms with Crippen LogP contribution in [0.1, 0.15) is 31.2 Å². The van der Waals surface area contributed by atoms with E-state index in [0.29, 0.717) is 17.9 Å². The summed E-state index contributed by atoms with van der Waals surface area (Å²) >= 11 is 0. The number of nitrogens with zero attached hydrogens (tertiary/aromatic N) is 1. The van der Waals surface area contributed by atoms with E-state index in [1.54, 1.807) is 13.8 Å². The van der Waals surface area contributed by atoms with Crippen LogP contribution < -0.4 is 4.72 Å². The van der Waals surface area contributed by atoms with Crippen LogP contribution in [0.5, 0.6) is 0 Å². The Morgan fingerprint density at radius 2 is 2.07 bits per heavy atom. The van der Waals surface area contributed by atoms with E-state index >= 15 is 0 Å². The number of H-pyrrole nitrogens is 1. The van der Waals surface area contributed by atoms with E-state index in [-0.39, 0.29) is 4.90 Å². The second kappa shape index (κ2) is 4.76. The van der Waals surface area contributed by atoms with Crippen LogP contribution in [0.25, 0.3) is 0 Å². The summed E-state index contributed by atoms with van der Waals surface area (Å²) in [5.41, 5.74) is 1.09. The molecule has 15 heavy (non-hydrogen) atoms. The van der Waals surface area contributed by atoms with E-state index in [4.69, 9.17) is 0 Å². The molecule has 5 nitrogen and oxygen atoms in total. The van der Waals surface area contributed by atoms with Gasteiger partial charge in [0.05, 0.1) is 11.4 Å². The van der Waals surface area contributed by atoms with Gasteiger partial charge < -0.3 is 0 Å². The van der Waals surface area contributed by atoms with Crippen LogP contribution in [-0.4, -0.2) is 25.2 Å². The van der Waals surface area contributed by atoms with Crippen LogP contribution in [0, 0.1) is 13.8 Å². The lowest BCUT2D eigenvalue weighted by atomic mass is 10.3. The minimum absolute atomic E-state index is 0.276. The molecule has 0 saturated heterocycles. The van der Waals surface area contributed by atoms with Gasteiger partial charge in [0.2, 0.25) is 10.0 Å².